The Morgan fingerprint density at radius 1 is 1.03 bits per heavy atom. The van der Waals surface area contributed by atoms with Gasteiger partial charge in [0.05, 0.1) is 13.7 Å². The Kier molecular flexibility index (Phi) is 7.31. The van der Waals surface area contributed by atoms with Gasteiger partial charge < -0.3 is 44.5 Å². The van der Waals surface area contributed by atoms with E-state index >= 15 is 0 Å². The lowest BCUT2D eigenvalue weighted by atomic mass is 9.99. The minimum atomic E-state index is -1.62. The van der Waals surface area contributed by atoms with Gasteiger partial charge in [0.2, 0.25) is 6.29 Å². The third-order valence-electron chi connectivity index (χ3n) is 4.82. The zero-order valence-corrected chi connectivity index (χ0v) is 16.6. The molecule has 2 aromatic rings. The van der Waals surface area contributed by atoms with Crippen LogP contribution in [-0.2, 0) is 16.1 Å². The molecule has 0 aromatic heterocycles. The minimum absolute atomic E-state index is 0.0926. The summed E-state index contributed by atoms with van der Waals surface area (Å²) >= 11 is 0. The molecule has 0 saturated carbocycles. The number of methoxy groups -OCH3 is 1. The molecule has 1 aliphatic rings. The van der Waals surface area contributed by atoms with Crippen molar-refractivity contribution in [3.8, 4) is 17.2 Å². The molecule has 0 amide bonds. The lowest BCUT2D eigenvalue weighted by Crippen LogP contribution is -2.60. The van der Waals surface area contributed by atoms with Crippen LogP contribution in [0.15, 0.2) is 42.5 Å². The van der Waals surface area contributed by atoms with Crippen LogP contribution in [0.3, 0.4) is 0 Å². The van der Waals surface area contributed by atoms with Crippen LogP contribution < -0.4 is 9.47 Å². The van der Waals surface area contributed by atoms with Crippen LogP contribution in [0.2, 0.25) is 0 Å². The number of aliphatic hydroxyl groups excluding tert-OH is 4. The lowest BCUT2D eigenvalue weighted by molar-refractivity contribution is -0.277. The predicted octanol–water partition coefficient (Wildman–Crippen LogP) is -0.0635. The number of hydrogen-bond acceptors (Lipinski definition) is 10. The van der Waals surface area contributed by atoms with E-state index in [9.17, 15) is 30.3 Å². The molecule has 0 bridgehead atoms. The number of esters is 1. The molecule has 1 fully saturated rings. The summed E-state index contributed by atoms with van der Waals surface area (Å²) < 4.78 is 21.4. The second-order valence-corrected chi connectivity index (χ2v) is 6.88. The van der Waals surface area contributed by atoms with E-state index in [2.05, 4.69) is 0 Å². The Morgan fingerprint density at radius 3 is 2.48 bits per heavy atom. The number of phenolic OH excluding ortho intramolecular Hbond substituents is 1. The smallest absolute Gasteiger partial charge is 0.342 e. The fraction of sp³-hybridized carbons (Fsp3) is 0.381. The summed E-state index contributed by atoms with van der Waals surface area (Å²) in [7, 11) is 1.42. The summed E-state index contributed by atoms with van der Waals surface area (Å²) in [5.74, 6) is -0.361. The third kappa shape index (κ3) is 5.06. The average Bonchev–Trinajstić information content (AvgIpc) is 2.78. The van der Waals surface area contributed by atoms with E-state index in [1.54, 1.807) is 18.2 Å². The Morgan fingerprint density at radius 2 is 1.77 bits per heavy atom. The molecular formula is C21H24O10. The second kappa shape index (κ2) is 9.94. The van der Waals surface area contributed by atoms with Gasteiger partial charge in [0.25, 0.3) is 0 Å². The normalized spacial score (nSPS) is 25.6. The van der Waals surface area contributed by atoms with Gasteiger partial charge in [-0.2, -0.15) is 0 Å². The molecule has 0 aliphatic carbocycles. The van der Waals surface area contributed by atoms with Gasteiger partial charge >= 0.3 is 5.97 Å². The van der Waals surface area contributed by atoms with Gasteiger partial charge in [0.15, 0.2) is 0 Å². The number of ether oxygens (including phenoxy) is 4. The highest BCUT2D eigenvalue weighted by atomic mass is 16.7. The Hall–Kier alpha value is -2.89. The highest BCUT2D eigenvalue weighted by molar-refractivity contribution is 5.92. The van der Waals surface area contributed by atoms with Gasteiger partial charge in [-0.15, -0.1) is 0 Å². The van der Waals surface area contributed by atoms with E-state index in [0.717, 1.165) is 0 Å². The molecule has 5 atom stereocenters. The van der Waals surface area contributed by atoms with E-state index in [4.69, 9.17) is 18.9 Å². The molecule has 1 saturated heterocycles. The summed E-state index contributed by atoms with van der Waals surface area (Å²) in [6, 6.07) is 10.5. The van der Waals surface area contributed by atoms with Crippen molar-refractivity contribution in [1.29, 1.82) is 0 Å². The van der Waals surface area contributed by atoms with Crippen LogP contribution in [-0.4, -0.2) is 75.9 Å². The monoisotopic (exact) mass is 436 g/mol. The van der Waals surface area contributed by atoms with Crippen LogP contribution in [0.5, 0.6) is 17.2 Å². The number of carbonyl (C=O) groups is 1. The highest BCUT2D eigenvalue weighted by Gasteiger charge is 2.44. The van der Waals surface area contributed by atoms with Crippen LogP contribution in [0, 0.1) is 0 Å². The van der Waals surface area contributed by atoms with Crippen molar-refractivity contribution in [2.75, 3.05) is 13.7 Å². The van der Waals surface area contributed by atoms with Crippen LogP contribution in [0.4, 0.5) is 0 Å². The van der Waals surface area contributed by atoms with Gasteiger partial charge in [-0.3, -0.25) is 0 Å². The van der Waals surface area contributed by atoms with Crippen molar-refractivity contribution in [3.05, 3.63) is 53.6 Å². The van der Waals surface area contributed by atoms with E-state index < -0.39 is 43.3 Å². The van der Waals surface area contributed by atoms with Crippen molar-refractivity contribution in [2.24, 2.45) is 0 Å². The molecule has 0 unspecified atom stereocenters. The maximum Gasteiger partial charge on any atom is 0.342 e. The standard InChI is InChI=1S/C21H24O10/c1-28-15-5-3-2-4-13(15)20(27)29-10-11-8-12(23)6-7-14(11)30-21-19(26)18(25)17(24)16(9-22)31-21/h2-8,16-19,21-26H,9-10H2,1H3/t16-,17-,18+,19-,21-/m1/s1. The molecule has 5 N–H and O–H groups in total. The van der Waals surface area contributed by atoms with Gasteiger partial charge in [-0.05, 0) is 30.3 Å². The summed E-state index contributed by atoms with van der Waals surface area (Å²) in [4.78, 5) is 12.4. The topological polar surface area (TPSA) is 155 Å². The minimum Gasteiger partial charge on any atom is -0.508 e. The first-order chi connectivity index (χ1) is 14.8. The first kappa shape index (κ1) is 22.8. The fourth-order valence-electron chi connectivity index (χ4n) is 3.12. The molecule has 0 radical (unpaired) electrons. The molecule has 1 heterocycles. The van der Waals surface area contributed by atoms with E-state index in [-0.39, 0.29) is 29.2 Å². The molecule has 10 nitrogen and oxygen atoms in total. The van der Waals surface area contributed by atoms with E-state index in [0.29, 0.717) is 5.75 Å². The molecule has 2 aromatic carbocycles. The number of hydrogen-bond donors (Lipinski definition) is 5. The van der Waals surface area contributed by atoms with Gasteiger partial charge in [0, 0.05) is 5.56 Å². The Labute approximate surface area is 177 Å². The van der Waals surface area contributed by atoms with Crippen molar-refractivity contribution in [3.63, 3.8) is 0 Å². The average molecular weight is 436 g/mol. The zero-order valence-electron chi connectivity index (χ0n) is 16.6. The number of para-hydroxylation sites is 1. The van der Waals surface area contributed by atoms with Crippen LogP contribution in [0.1, 0.15) is 15.9 Å². The zero-order chi connectivity index (χ0) is 22.5. The van der Waals surface area contributed by atoms with Crippen LogP contribution in [0.25, 0.3) is 0 Å². The number of benzene rings is 2. The molecule has 3 rings (SSSR count). The quantitative estimate of drug-likeness (QED) is 0.373. The van der Waals surface area contributed by atoms with Crippen molar-refractivity contribution in [1.82, 2.24) is 0 Å². The first-order valence-electron chi connectivity index (χ1n) is 9.45. The molecular weight excluding hydrogens is 412 g/mol. The molecule has 0 spiro atoms. The molecule has 31 heavy (non-hydrogen) atoms. The van der Waals surface area contributed by atoms with Gasteiger partial charge in [-0.1, -0.05) is 12.1 Å². The van der Waals surface area contributed by atoms with Crippen molar-refractivity contribution < 1.29 is 49.3 Å². The van der Waals surface area contributed by atoms with E-state index in [1.807, 2.05) is 0 Å². The molecule has 10 heteroatoms. The Bertz CT molecular complexity index is 899. The SMILES string of the molecule is COc1ccccc1C(=O)OCc1cc(O)ccc1O[C@@H]1O[C@H](CO)[C@@H](O)[C@H](O)[C@H]1O. The number of aromatic hydroxyl groups is 1. The summed E-state index contributed by atoms with van der Waals surface area (Å²) in [6.07, 6.45) is -7.33. The largest absolute Gasteiger partial charge is 0.508 e. The van der Waals surface area contributed by atoms with E-state index in [1.165, 1.54) is 31.4 Å². The number of carbonyl (C=O) groups excluding carboxylic acids is 1. The summed E-state index contributed by atoms with van der Waals surface area (Å²) in [5.41, 5.74) is 0.460. The highest BCUT2D eigenvalue weighted by Crippen LogP contribution is 2.30. The fourth-order valence-corrected chi connectivity index (χ4v) is 3.12. The maximum absolute atomic E-state index is 12.4. The predicted molar refractivity (Wildman–Crippen MR) is 105 cm³/mol. The van der Waals surface area contributed by atoms with Gasteiger partial charge in [0.1, 0.15) is 53.8 Å². The lowest BCUT2D eigenvalue weighted by Gasteiger charge is -2.39. The second-order valence-electron chi connectivity index (χ2n) is 6.88. The molecule has 168 valence electrons. The van der Waals surface area contributed by atoms with Gasteiger partial charge in [-0.25, -0.2) is 4.79 Å². The number of rotatable bonds is 7. The summed E-state index contributed by atoms with van der Waals surface area (Å²) in [5, 5.41) is 49.1. The molecule has 1 aliphatic heterocycles. The summed E-state index contributed by atoms with van der Waals surface area (Å²) in [6.45, 7) is -0.901. The van der Waals surface area contributed by atoms with Crippen LogP contribution >= 0.6 is 0 Å². The number of phenols is 1. The number of aliphatic hydroxyl groups is 4. The van der Waals surface area contributed by atoms with Crippen molar-refractivity contribution >= 4 is 5.97 Å². The maximum atomic E-state index is 12.4. The third-order valence-corrected chi connectivity index (χ3v) is 4.82. The first-order valence-corrected chi connectivity index (χ1v) is 9.45. The Balaban J connectivity index is 1.76. The van der Waals surface area contributed by atoms with Crippen molar-refractivity contribution in [2.45, 2.75) is 37.3 Å².